The third kappa shape index (κ3) is 4.46. The molecule has 1 saturated carbocycles. The number of halogens is 2. The quantitative estimate of drug-likeness (QED) is 0.577. The Hall–Kier alpha value is -1.88. The van der Waals surface area contributed by atoms with Gasteiger partial charge in [0.05, 0.1) is 13.1 Å². The highest BCUT2D eigenvalue weighted by Gasteiger charge is 2.52. The van der Waals surface area contributed by atoms with E-state index < -0.39 is 5.67 Å². The van der Waals surface area contributed by atoms with Gasteiger partial charge in [0.1, 0.15) is 5.67 Å². The van der Waals surface area contributed by atoms with E-state index in [1.54, 1.807) is 0 Å². The molecule has 3 aliphatic rings. The van der Waals surface area contributed by atoms with Gasteiger partial charge in [0.15, 0.2) is 0 Å². The zero-order valence-electron chi connectivity index (χ0n) is 19.2. The van der Waals surface area contributed by atoms with Gasteiger partial charge in [0, 0.05) is 24.0 Å². The Labute approximate surface area is 195 Å². The van der Waals surface area contributed by atoms with Crippen LogP contribution >= 0.6 is 11.6 Å². The van der Waals surface area contributed by atoms with Crippen LogP contribution < -0.4 is 0 Å². The first-order chi connectivity index (χ1) is 15.1. The van der Waals surface area contributed by atoms with Crippen LogP contribution in [0.4, 0.5) is 4.39 Å². The van der Waals surface area contributed by atoms with Gasteiger partial charge < -0.3 is 9.80 Å². The van der Waals surface area contributed by atoms with Crippen LogP contribution in [-0.4, -0.2) is 53.5 Å². The van der Waals surface area contributed by atoms with Gasteiger partial charge in [-0.2, -0.15) is 0 Å². The van der Waals surface area contributed by atoms with Crippen LogP contribution in [0.5, 0.6) is 0 Å². The van der Waals surface area contributed by atoms with E-state index in [0.29, 0.717) is 25.9 Å². The Morgan fingerprint density at radius 1 is 1.12 bits per heavy atom. The van der Waals surface area contributed by atoms with Crippen LogP contribution in [0, 0.1) is 17.3 Å². The van der Waals surface area contributed by atoms with Crippen LogP contribution in [0.3, 0.4) is 0 Å². The lowest BCUT2D eigenvalue weighted by Gasteiger charge is -2.50. The second kappa shape index (κ2) is 8.81. The normalized spacial score (nSPS) is 27.5. The molecule has 2 saturated heterocycles. The van der Waals surface area contributed by atoms with Gasteiger partial charge >= 0.3 is 0 Å². The summed E-state index contributed by atoms with van der Waals surface area (Å²) in [5.41, 5.74) is -0.0880. The predicted molar refractivity (Wildman–Crippen MR) is 125 cm³/mol. The molecule has 1 aromatic rings. The molecule has 32 heavy (non-hydrogen) atoms. The van der Waals surface area contributed by atoms with Crippen molar-refractivity contribution in [2.45, 2.75) is 57.5 Å². The zero-order chi connectivity index (χ0) is 23.1. The summed E-state index contributed by atoms with van der Waals surface area (Å²) in [5, 5.41) is 0.731. The van der Waals surface area contributed by atoms with Crippen LogP contribution in [0.2, 0.25) is 5.02 Å². The minimum atomic E-state index is -1.33. The van der Waals surface area contributed by atoms with Gasteiger partial charge in [0.25, 0.3) is 0 Å². The van der Waals surface area contributed by atoms with Crippen molar-refractivity contribution < 1.29 is 14.0 Å². The molecule has 6 heteroatoms. The van der Waals surface area contributed by atoms with E-state index in [1.165, 1.54) is 11.0 Å². The highest BCUT2D eigenvalue weighted by atomic mass is 35.5. The number of nitrogens with zero attached hydrogens (tertiary/aromatic N) is 2. The number of alkyl halides is 1. The molecule has 4 nitrogen and oxygen atoms in total. The molecule has 0 unspecified atom stereocenters. The van der Waals surface area contributed by atoms with Gasteiger partial charge in [-0.3, -0.25) is 9.59 Å². The highest BCUT2D eigenvalue weighted by molar-refractivity contribution is 6.31. The molecule has 0 spiro atoms. The lowest BCUT2D eigenvalue weighted by atomic mass is 9.64. The molecule has 2 aliphatic heterocycles. The SMILES string of the molecule is C=CC(=O)N1CC(F)(C2CCN(C(=O)[C@H]3CCC(C)(C)C[C@@H]3c3ccccc3Cl)CC2)C1. The number of carbonyl (C=O) groups excluding carboxylic acids is 2. The van der Waals surface area contributed by atoms with E-state index in [1.807, 2.05) is 23.1 Å². The highest BCUT2D eigenvalue weighted by Crippen LogP contribution is 2.49. The molecule has 2 atom stereocenters. The average Bonchev–Trinajstić information content (AvgIpc) is 2.76. The number of rotatable bonds is 4. The molecule has 3 fully saturated rings. The third-order valence-electron chi connectivity index (χ3n) is 7.94. The molecule has 2 heterocycles. The lowest BCUT2D eigenvalue weighted by molar-refractivity contribution is -0.150. The maximum atomic E-state index is 15.3. The molecule has 1 aromatic carbocycles. The minimum absolute atomic E-state index is 0.0804. The molecular formula is C26H34ClFN2O2. The number of hydrogen-bond donors (Lipinski definition) is 0. The van der Waals surface area contributed by atoms with Crippen molar-refractivity contribution >= 4 is 23.4 Å². The third-order valence-corrected chi connectivity index (χ3v) is 8.29. The second-order valence-corrected chi connectivity index (χ2v) is 11.1. The topological polar surface area (TPSA) is 40.6 Å². The summed E-state index contributed by atoms with van der Waals surface area (Å²) < 4.78 is 15.3. The Kier molecular flexibility index (Phi) is 6.41. The average molecular weight is 461 g/mol. The number of piperidine rings is 1. The van der Waals surface area contributed by atoms with E-state index in [4.69, 9.17) is 11.6 Å². The van der Waals surface area contributed by atoms with E-state index in [-0.39, 0.29) is 48.1 Å². The molecule has 1 aliphatic carbocycles. The van der Waals surface area contributed by atoms with Crippen molar-refractivity contribution in [1.29, 1.82) is 0 Å². The summed E-state index contributed by atoms with van der Waals surface area (Å²) in [6, 6.07) is 7.89. The molecule has 0 N–H and O–H groups in total. The molecule has 4 rings (SSSR count). The van der Waals surface area contributed by atoms with Crippen molar-refractivity contribution in [2.24, 2.45) is 17.3 Å². The van der Waals surface area contributed by atoms with Gasteiger partial charge in [-0.05, 0) is 67.1 Å². The predicted octanol–water partition coefficient (Wildman–Crippen LogP) is 5.23. The number of hydrogen-bond acceptors (Lipinski definition) is 2. The Morgan fingerprint density at radius 3 is 2.41 bits per heavy atom. The standard InChI is InChI=1S/C26H34ClFN2O2/c1-4-23(31)30-16-26(28,17-30)18-10-13-29(14-11-18)24(32)20-9-12-25(2,3)15-21(20)19-7-5-6-8-22(19)27/h4-8,18,20-21H,1,9-17H2,2-3H3/t20-,21+/m0/s1. The summed E-state index contributed by atoms with van der Waals surface area (Å²) in [4.78, 5) is 28.7. The van der Waals surface area contributed by atoms with Crippen molar-refractivity contribution in [3.05, 3.63) is 47.5 Å². The molecule has 0 radical (unpaired) electrons. The van der Waals surface area contributed by atoms with Crippen molar-refractivity contribution in [1.82, 2.24) is 9.80 Å². The van der Waals surface area contributed by atoms with Gasteiger partial charge in [-0.15, -0.1) is 0 Å². The molecular weight excluding hydrogens is 427 g/mol. The summed E-state index contributed by atoms with van der Waals surface area (Å²) in [7, 11) is 0. The fraction of sp³-hybridized carbons (Fsp3) is 0.615. The van der Waals surface area contributed by atoms with Gasteiger partial charge in [0.2, 0.25) is 11.8 Å². The maximum absolute atomic E-state index is 15.3. The van der Waals surface area contributed by atoms with E-state index in [9.17, 15) is 9.59 Å². The summed E-state index contributed by atoms with van der Waals surface area (Å²) >= 11 is 6.54. The summed E-state index contributed by atoms with van der Waals surface area (Å²) in [6.07, 6.45) is 5.33. The van der Waals surface area contributed by atoms with Crippen LogP contribution in [0.15, 0.2) is 36.9 Å². The van der Waals surface area contributed by atoms with Crippen LogP contribution in [-0.2, 0) is 9.59 Å². The Morgan fingerprint density at radius 2 is 1.78 bits per heavy atom. The van der Waals surface area contributed by atoms with Gasteiger partial charge in [-0.1, -0.05) is 50.2 Å². The monoisotopic (exact) mass is 460 g/mol. The maximum Gasteiger partial charge on any atom is 0.246 e. The van der Waals surface area contributed by atoms with E-state index in [2.05, 4.69) is 26.5 Å². The molecule has 2 amide bonds. The number of likely N-dealkylation sites (tertiary alicyclic amines) is 2. The van der Waals surface area contributed by atoms with Crippen molar-refractivity contribution in [3.63, 3.8) is 0 Å². The summed E-state index contributed by atoms with van der Waals surface area (Å²) in [5.74, 6) is -0.103. The van der Waals surface area contributed by atoms with Gasteiger partial charge in [-0.25, -0.2) is 4.39 Å². The lowest BCUT2D eigenvalue weighted by Crippen LogP contribution is -2.65. The zero-order valence-corrected chi connectivity index (χ0v) is 19.9. The largest absolute Gasteiger partial charge is 0.342 e. The Bertz CT molecular complexity index is 888. The second-order valence-electron chi connectivity index (χ2n) is 10.7. The van der Waals surface area contributed by atoms with E-state index >= 15 is 4.39 Å². The molecule has 0 bridgehead atoms. The first-order valence-electron chi connectivity index (χ1n) is 11.8. The number of carbonyl (C=O) groups is 2. The van der Waals surface area contributed by atoms with E-state index in [0.717, 1.165) is 29.8 Å². The minimum Gasteiger partial charge on any atom is -0.342 e. The number of amides is 2. The fourth-order valence-corrected chi connectivity index (χ4v) is 6.24. The molecule has 0 aromatic heterocycles. The summed E-state index contributed by atoms with van der Waals surface area (Å²) in [6.45, 7) is 9.46. The Balaban J connectivity index is 1.41. The van der Waals surface area contributed by atoms with Crippen LogP contribution in [0.25, 0.3) is 0 Å². The smallest absolute Gasteiger partial charge is 0.246 e. The molecule has 174 valence electrons. The van der Waals surface area contributed by atoms with Crippen molar-refractivity contribution in [3.8, 4) is 0 Å². The first kappa shape index (κ1) is 23.3. The van der Waals surface area contributed by atoms with Crippen LogP contribution in [0.1, 0.15) is 57.4 Å². The number of benzene rings is 1. The van der Waals surface area contributed by atoms with Crippen molar-refractivity contribution in [2.75, 3.05) is 26.2 Å². The fourth-order valence-electron chi connectivity index (χ4n) is 5.97. The first-order valence-corrected chi connectivity index (χ1v) is 12.1.